The standard InChI is InChI=1S/C18H26N2/c1-16-7-13-8-17(2,10-16)12-18(9-13,11-16)15(19)14-5-3-4-6-20-14/h3-6,13,15H,7-12,19H2,1-2H3. The second-order valence-corrected chi connectivity index (χ2v) is 8.72. The summed E-state index contributed by atoms with van der Waals surface area (Å²) in [5, 5.41) is 0. The first-order chi connectivity index (χ1) is 9.42. The van der Waals surface area contributed by atoms with Gasteiger partial charge >= 0.3 is 0 Å². The van der Waals surface area contributed by atoms with Crippen LogP contribution in [0, 0.1) is 22.2 Å². The highest BCUT2D eigenvalue weighted by Gasteiger charge is 2.61. The molecule has 2 N–H and O–H groups in total. The van der Waals surface area contributed by atoms with Gasteiger partial charge in [-0.25, -0.2) is 0 Å². The molecule has 5 rings (SSSR count). The Labute approximate surface area is 122 Å². The lowest BCUT2D eigenvalue weighted by Gasteiger charge is -2.66. The summed E-state index contributed by atoms with van der Waals surface area (Å²) in [5.74, 6) is 0.899. The van der Waals surface area contributed by atoms with Crippen LogP contribution >= 0.6 is 0 Å². The van der Waals surface area contributed by atoms with Crippen molar-refractivity contribution in [2.45, 2.75) is 58.4 Å². The first kappa shape index (κ1) is 12.8. The van der Waals surface area contributed by atoms with E-state index in [1.54, 1.807) is 0 Å². The van der Waals surface area contributed by atoms with Gasteiger partial charge in [-0.15, -0.1) is 0 Å². The third-order valence-corrected chi connectivity index (χ3v) is 6.34. The Morgan fingerprint density at radius 2 is 1.80 bits per heavy atom. The van der Waals surface area contributed by atoms with E-state index in [4.69, 9.17) is 5.73 Å². The van der Waals surface area contributed by atoms with Crippen molar-refractivity contribution in [3.63, 3.8) is 0 Å². The Hall–Kier alpha value is -0.890. The predicted octanol–water partition coefficient (Wildman–Crippen LogP) is 4.08. The molecule has 1 aromatic rings. The topological polar surface area (TPSA) is 38.9 Å². The van der Waals surface area contributed by atoms with Gasteiger partial charge in [-0.1, -0.05) is 19.9 Å². The summed E-state index contributed by atoms with van der Waals surface area (Å²) in [4.78, 5) is 4.56. The molecule has 0 radical (unpaired) electrons. The van der Waals surface area contributed by atoms with Crippen molar-refractivity contribution < 1.29 is 0 Å². The second-order valence-electron chi connectivity index (χ2n) is 8.72. The molecule has 0 spiro atoms. The fraction of sp³-hybridized carbons (Fsp3) is 0.722. The quantitative estimate of drug-likeness (QED) is 0.879. The molecule has 108 valence electrons. The van der Waals surface area contributed by atoms with Crippen LogP contribution in [0.25, 0.3) is 0 Å². The van der Waals surface area contributed by atoms with Crippen molar-refractivity contribution in [1.29, 1.82) is 0 Å². The molecule has 0 aliphatic heterocycles. The van der Waals surface area contributed by atoms with Crippen LogP contribution in [-0.4, -0.2) is 4.98 Å². The molecule has 1 aromatic heterocycles. The van der Waals surface area contributed by atoms with Crippen molar-refractivity contribution in [2.24, 2.45) is 27.9 Å². The van der Waals surface area contributed by atoms with E-state index in [0.717, 1.165) is 11.6 Å². The van der Waals surface area contributed by atoms with E-state index in [9.17, 15) is 0 Å². The average molecular weight is 270 g/mol. The lowest BCUT2D eigenvalue weighted by atomic mass is 9.39. The van der Waals surface area contributed by atoms with Crippen molar-refractivity contribution in [3.05, 3.63) is 30.1 Å². The van der Waals surface area contributed by atoms with Gasteiger partial charge in [-0.2, -0.15) is 0 Å². The van der Waals surface area contributed by atoms with Crippen LogP contribution < -0.4 is 5.73 Å². The molecule has 4 aliphatic rings. The molecule has 3 unspecified atom stereocenters. The summed E-state index contributed by atoms with van der Waals surface area (Å²) in [6, 6.07) is 6.30. The second kappa shape index (κ2) is 3.85. The molecule has 4 bridgehead atoms. The number of nitrogens with zero attached hydrogens (tertiary/aromatic N) is 1. The van der Waals surface area contributed by atoms with E-state index in [-0.39, 0.29) is 6.04 Å². The fourth-order valence-corrected chi connectivity index (χ4v) is 6.76. The Morgan fingerprint density at radius 3 is 2.35 bits per heavy atom. The van der Waals surface area contributed by atoms with Gasteiger partial charge < -0.3 is 5.73 Å². The third-order valence-electron chi connectivity index (χ3n) is 6.34. The molecule has 4 fully saturated rings. The Balaban J connectivity index is 1.74. The Bertz CT molecular complexity index is 505. The highest BCUT2D eigenvalue weighted by atomic mass is 14.8. The van der Waals surface area contributed by atoms with Gasteiger partial charge in [-0.3, -0.25) is 4.98 Å². The van der Waals surface area contributed by atoms with Gasteiger partial charge in [0.25, 0.3) is 0 Å². The summed E-state index contributed by atoms with van der Waals surface area (Å²) in [6.45, 7) is 5.02. The molecule has 0 saturated heterocycles. The van der Waals surface area contributed by atoms with Crippen LogP contribution in [0.4, 0.5) is 0 Å². The van der Waals surface area contributed by atoms with Crippen LogP contribution in [0.1, 0.15) is 64.1 Å². The molecule has 0 amide bonds. The molecular weight excluding hydrogens is 244 g/mol. The summed E-state index contributed by atoms with van der Waals surface area (Å²) in [7, 11) is 0. The van der Waals surface area contributed by atoms with Crippen LogP contribution in [0.5, 0.6) is 0 Å². The van der Waals surface area contributed by atoms with Crippen LogP contribution in [0.15, 0.2) is 24.4 Å². The third kappa shape index (κ3) is 1.77. The SMILES string of the molecule is CC12CC3CC(C)(C1)CC(C(N)c1ccccn1)(C3)C2. The van der Waals surface area contributed by atoms with Gasteiger partial charge in [-0.05, 0) is 72.8 Å². The summed E-state index contributed by atoms with van der Waals surface area (Å²) in [5.41, 5.74) is 9.21. The van der Waals surface area contributed by atoms with Gasteiger partial charge in [0.05, 0.1) is 11.7 Å². The number of hydrogen-bond acceptors (Lipinski definition) is 2. The molecule has 2 nitrogen and oxygen atoms in total. The van der Waals surface area contributed by atoms with E-state index in [1.165, 1.54) is 38.5 Å². The highest BCUT2D eigenvalue weighted by Crippen LogP contribution is 2.71. The Kier molecular flexibility index (Phi) is 2.47. The van der Waals surface area contributed by atoms with Gasteiger partial charge in [0, 0.05) is 6.20 Å². The number of nitrogens with two attached hydrogens (primary N) is 1. The maximum Gasteiger partial charge on any atom is 0.0576 e. The van der Waals surface area contributed by atoms with Crippen LogP contribution in [0.2, 0.25) is 0 Å². The lowest BCUT2D eigenvalue weighted by molar-refractivity contribution is -0.155. The van der Waals surface area contributed by atoms with Crippen molar-refractivity contribution in [2.75, 3.05) is 0 Å². The zero-order chi connectivity index (χ0) is 14.0. The molecule has 1 heterocycles. The Morgan fingerprint density at radius 1 is 1.10 bits per heavy atom. The molecule has 0 aromatic carbocycles. The predicted molar refractivity (Wildman–Crippen MR) is 81.0 cm³/mol. The van der Waals surface area contributed by atoms with E-state index in [0.29, 0.717) is 16.2 Å². The summed E-state index contributed by atoms with van der Waals surface area (Å²) in [6.07, 6.45) is 10.1. The normalized spacial score (nSPS) is 47.5. The minimum atomic E-state index is 0.116. The van der Waals surface area contributed by atoms with Crippen molar-refractivity contribution in [1.82, 2.24) is 4.98 Å². The van der Waals surface area contributed by atoms with Crippen LogP contribution in [0.3, 0.4) is 0 Å². The monoisotopic (exact) mass is 270 g/mol. The largest absolute Gasteiger partial charge is 0.322 e. The van der Waals surface area contributed by atoms with Gasteiger partial charge in [0.1, 0.15) is 0 Å². The lowest BCUT2D eigenvalue weighted by Crippen LogP contribution is -2.58. The van der Waals surface area contributed by atoms with Gasteiger partial charge in [0.15, 0.2) is 0 Å². The summed E-state index contributed by atoms with van der Waals surface area (Å²) < 4.78 is 0. The van der Waals surface area contributed by atoms with E-state index in [1.807, 2.05) is 12.3 Å². The molecule has 20 heavy (non-hydrogen) atoms. The average Bonchev–Trinajstić information content (AvgIpc) is 2.34. The number of rotatable bonds is 2. The number of pyridine rings is 1. The number of aromatic nitrogens is 1. The summed E-state index contributed by atoms with van der Waals surface area (Å²) >= 11 is 0. The van der Waals surface area contributed by atoms with Crippen molar-refractivity contribution in [3.8, 4) is 0 Å². The van der Waals surface area contributed by atoms with E-state index in [2.05, 4.69) is 31.0 Å². The zero-order valence-corrected chi connectivity index (χ0v) is 12.7. The van der Waals surface area contributed by atoms with Crippen molar-refractivity contribution >= 4 is 0 Å². The molecule has 2 heteroatoms. The maximum absolute atomic E-state index is 6.75. The zero-order valence-electron chi connectivity index (χ0n) is 12.7. The van der Waals surface area contributed by atoms with E-state index < -0.39 is 0 Å². The van der Waals surface area contributed by atoms with Crippen LogP contribution in [-0.2, 0) is 0 Å². The molecule has 4 aliphatic carbocycles. The highest BCUT2D eigenvalue weighted by molar-refractivity contribution is 5.19. The molecule has 4 saturated carbocycles. The van der Waals surface area contributed by atoms with Gasteiger partial charge in [0.2, 0.25) is 0 Å². The fourth-order valence-electron chi connectivity index (χ4n) is 6.76. The molecular formula is C18H26N2. The number of hydrogen-bond donors (Lipinski definition) is 1. The molecule has 3 atom stereocenters. The first-order valence-corrected chi connectivity index (χ1v) is 8.09. The smallest absolute Gasteiger partial charge is 0.0576 e. The van der Waals surface area contributed by atoms with E-state index >= 15 is 0 Å². The maximum atomic E-state index is 6.75. The minimum Gasteiger partial charge on any atom is -0.322 e. The minimum absolute atomic E-state index is 0.116. The first-order valence-electron chi connectivity index (χ1n) is 8.09.